The first-order chi connectivity index (χ1) is 18.9. The number of hydrogen-bond acceptors (Lipinski definition) is 7. The number of morpholine rings is 1. The Bertz CT molecular complexity index is 1370. The van der Waals surface area contributed by atoms with Crippen molar-refractivity contribution in [3.8, 4) is 17.1 Å². The van der Waals surface area contributed by atoms with E-state index in [0.29, 0.717) is 28.4 Å². The minimum atomic E-state index is -0.226. The standard InChI is InChI=1S/C30H39N5O4/c1-21(2)31-28(36)20-35-29(23-7-4-8-25(16-23)38-3)32-27-10-9-24(17-26(27)30(35)37)34-11-5-6-22(19-34)18-33-12-14-39-15-13-33/h4,7-10,16-17,21-22H,5-6,11-15,18-20H2,1-3H3,(H,31,36). The summed E-state index contributed by atoms with van der Waals surface area (Å²) in [6, 6.07) is 13.3. The quantitative estimate of drug-likeness (QED) is 0.476. The molecule has 2 saturated heterocycles. The molecule has 9 nitrogen and oxygen atoms in total. The second-order valence-corrected chi connectivity index (χ2v) is 10.8. The van der Waals surface area contributed by atoms with E-state index in [1.54, 1.807) is 7.11 Å². The first-order valence-corrected chi connectivity index (χ1v) is 13.9. The number of anilines is 1. The molecular formula is C30H39N5O4. The molecule has 0 radical (unpaired) electrons. The lowest BCUT2D eigenvalue weighted by atomic mass is 9.96. The molecule has 1 N–H and O–H groups in total. The van der Waals surface area contributed by atoms with Crippen molar-refractivity contribution in [2.45, 2.75) is 39.3 Å². The molecule has 2 aliphatic rings. The fourth-order valence-electron chi connectivity index (χ4n) is 5.64. The number of hydrogen-bond donors (Lipinski definition) is 1. The van der Waals surface area contributed by atoms with E-state index in [1.165, 1.54) is 11.0 Å². The van der Waals surface area contributed by atoms with Crippen molar-refractivity contribution in [3.05, 3.63) is 52.8 Å². The highest BCUT2D eigenvalue weighted by molar-refractivity contribution is 5.84. The first-order valence-electron chi connectivity index (χ1n) is 13.9. The van der Waals surface area contributed by atoms with Gasteiger partial charge in [-0.25, -0.2) is 4.98 Å². The fraction of sp³-hybridized carbons (Fsp3) is 0.500. The predicted octanol–water partition coefficient (Wildman–Crippen LogP) is 3.15. The van der Waals surface area contributed by atoms with Crippen molar-refractivity contribution in [1.29, 1.82) is 0 Å². The lowest BCUT2D eigenvalue weighted by Crippen LogP contribution is -2.44. The van der Waals surface area contributed by atoms with Gasteiger partial charge in [0.05, 0.1) is 31.2 Å². The Labute approximate surface area is 229 Å². The minimum absolute atomic E-state index is 0.0296. The number of rotatable bonds is 8. The predicted molar refractivity (Wildman–Crippen MR) is 153 cm³/mol. The van der Waals surface area contributed by atoms with Gasteiger partial charge in [-0.1, -0.05) is 12.1 Å². The molecule has 2 aromatic carbocycles. The molecule has 208 valence electrons. The Kier molecular flexibility index (Phi) is 8.47. The molecule has 0 saturated carbocycles. The van der Waals surface area contributed by atoms with Crippen molar-refractivity contribution in [3.63, 3.8) is 0 Å². The van der Waals surface area contributed by atoms with Gasteiger partial charge in [-0.2, -0.15) is 0 Å². The maximum absolute atomic E-state index is 13.9. The number of methoxy groups -OCH3 is 1. The molecule has 1 amide bonds. The van der Waals surface area contributed by atoms with Crippen LogP contribution in [0.3, 0.4) is 0 Å². The molecule has 2 fully saturated rings. The molecule has 5 rings (SSSR count). The number of amides is 1. The van der Waals surface area contributed by atoms with Crippen LogP contribution in [0.4, 0.5) is 5.69 Å². The van der Waals surface area contributed by atoms with Crippen LogP contribution >= 0.6 is 0 Å². The Morgan fingerprint density at radius 2 is 1.97 bits per heavy atom. The number of benzene rings is 2. The maximum atomic E-state index is 13.9. The molecule has 2 aliphatic heterocycles. The summed E-state index contributed by atoms with van der Waals surface area (Å²) in [5.74, 6) is 1.46. The highest BCUT2D eigenvalue weighted by atomic mass is 16.5. The number of ether oxygens (including phenoxy) is 2. The molecule has 39 heavy (non-hydrogen) atoms. The van der Waals surface area contributed by atoms with E-state index in [-0.39, 0.29) is 24.1 Å². The summed E-state index contributed by atoms with van der Waals surface area (Å²) in [6.45, 7) is 10.3. The Morgan fingerprint density at radius 1 is 1.15 bits per heavy atom. The molecule has 0 bridgehead atoms. The van der Waals surface area contributed by atoms with Crippen LogP contribution in [0, 0.1) is 5.92 Å². The first kappa shape index (κ1) is 27.1. The number of aromatic nitrogens is 2. The average molecular weight is 534 g/mol. The van der Waals surface area contributed by atoms with Crippen molar-refractivity contribution in [1.82, 2.24) is 19.8 Å². The SMILES string of the molecule is COc1cccc(-c2nc3ccc(N4CCCC(CN5CCOCC5)C4)cc3c(=O)n2CC(=O)NC(C)C)c1. The Hall–Kier alpha value is -3.43. The monoisotopic (exact) mass is 533 g/mol. The number of carbonyl (C=O) groups excluding carboxylic acids is 1. The van der Waals surface area contributed by atoms with Gasteiger partial charge >= 0.3 is 0 Å². The summed E-state index contributed by atoms with van der Waals surface area (Å²) in [6.07, 6.45) is 2.34. The second kappa shape index (κ2) is 12.2. The zero-order chi connectivity index (χ0) is 27.4. The van der Waals surface area contributed by atoms with Gasteiger partial charge in [0, 0.05) is 50.0 Å². The zero-order valence-corrected chi connectivity index (χ0v) is 23.2. The summed E-state index contributed by atoms with van der Waals surface area (Å²) in [5.41, 5.74) is 2.14. The van der Waals surface area contributed by atoms with Crippen LogP contribution in [0.5, 0.6) is 5.75 Å². The molecule has 1 aromatic heterocycles. The van der Waals surface area contributed by atoms with Crippen molar-refractivity contribution < 1.29 is 14.3 Å². The summed E-state index contributed by atoms with van der Waals surface area (Å²) in [4.78, 5) is 36.5. The maximum Gasteiger partial charge on any atom is 0.262 e. The Morgan fingerprint density at radius 3 is 2.74 bits per heavy atom. The second-order valence-electron chi connectivity index (χ2n) is 10.8. The van der Waals surface area contributed by atoms with E-state index in [1.807, 2.05) is 50.2 Å². The van der Waals surface area contributed by atoms with E-state index >= 15 is 0 Å². The van der Waals surface area contributed by atoms with Gasteiger partial charge in [-0.05, 0) is 62.9 Å². The summed E-state index contributed by atoms with van der Waals surface area (Å²) in [5, 5.41) is 3.42. The Balaban J connectivity index is 1.48. The topological polar surface area (TPSA) is 88.9 Å². The number of nitrogens with zero attached hydrogens (tertiary/aromatic N) is 4. The van der Waals surface area contributed by atoms with Gasteiger partial charge in [0.25, 0.3) is 5.56 Å². The molecule has 0 aliphatic carbocycles. The lowest BCUT2D eigenvalue weighted by molar-refractivity contribution is -0.122. The van der Waals surface area contributed by atoms with E-state index in [9.17, 15) is 9.59 Å². The van der Waals surface area contributed by atoms with Crippen LogP contribution in [-0.4, -0.2) is 79.4 Å². The van der Waals surface area contributed by atoms with Crippen LogP contribution in [0.15, 0.2) is 47.3 Å². The third-order valence-electron chi connectivity index (χ3n) is 7.52. The van der Waals surface area contributed by atoms with Gasteiger partial charge < -0.3 is 19.7 Å². The average Bonchev–Trinajstić information content (AvgIpc) is 2.94. The van der Waals surface area contributed by atoms with Crippen molar-refractivity contribution >= 4 is 22.5 Å². The van der Waals surface area contributed by atoms with Crippen LogP contribution in [-0.2, 0) is 16.1 Å². The number of fused-ring (bicyclic) bond motifs is 1. The zero-order valence-electron chi connectivity index (χ0n) is 23.2. The molecule has 3 aromatic rings. The normalized spacial score (nSPS) is 18.5. The number of nitrogens with one attached hydrogen (secondary N) is 1. The molecule has 9 heteroatoms. The van der Waals surface area contributed by atoms with E-state index in [0.717, 1.165) is 63.6 Å². The van der Waals surface area contributed by atoms with E-state index in [4.69, 9.17) is 14.5 Å². The highest BCUT2D eigenvalue weighted by Gasteiger charge is 2.24. The highest BCUT2D eigenvalue weighted by Crippen LogP contribution is 2.28. The number of carbonyl (C=O) groups is 1. The van der Waals surface area contributed by atoms with Crippen LogP contribution < -0.4 is 20.5 Å². The van der Waals surface area contributed by atoms with Gasteiger partial charge in [0.15, 0.2) is 0 Å². The smallest absolute Gasteiger partial charge is 0.262 e. The number of piperidine rings is 1. The van der Waals surface area contributed by atoms with Crippen LogP contribution in [0.2, 0.25) is 0 Å². The molecule has 1 unspecified atom stereocenters. The summed E-state index contributed by atoms with van der Waals surface area (Å²) < 4.78 is 12.4. The summed E-state index contributed by atoms with van der Waals surface area (Å²) >= 11 is 0. The molecule has 0 spiro atoms. The third kappa shape index (κ3) is 6.42. The van der Waals surface area contributed by atoms with Crippen molar-refractivity contribution in [2.75, 3.05) is 57.9 Å². The minimum Gasteiger partial charge on any atom is -0.497 e. The van der Waals surface area contributed by atoms with E-state index < -0.39 is 0 Å². The third-order valence-corrected chi connectivity index (χ3v) is 7.52. The fourth-order valence-corrected chi connectivity index (χ4v) is 5.64. The molecule has 3 heterocycles. The van der Waals surface area contributed by atoms with Gasteiger partial charge in [-0.15, -0.1) is 0 Å². The lowest BCUT2D eigenvalue weighted by Gasteiger charge is -2.38. The van der Waals surface area contributed by atoms with E-state index in [2.05, 4.69) is 21.2 Å². The van der Waals surface area contributed by atoms with Crippen molar-refractivity contribution in [2.24, 2.45) is 5.92 Å². The van der Waals surface area contributed by atoms with Crippen LogP contribution in [0.25, 0.3) is 22.3 Å². The van der Waals surface area contributed by atoms with Crippen LogP contribution in [0.1, 0.15) is 26.7 Å². The largest absolute Gasteiger partial charge is 0.497 e. The van der Waals surface area contributed by atoms with Gasteiger partial charge in [-0.3, -0.25) is 19.1 Å². The molecular weight excluding hydrogens is 494 g/mol. The summed E-state index contributed by atoms with van der Waals surface area (Å²) in [7, 11) is 1.60. The van der Waals surface area contributed by atoms with Gasteiger partial charge in [0.2, 0.25) is 5.91 Å². The molecule has 1 atom stereocenters. The van der Waals surface area contributed by atoms with Gasteiger partial charge in [0.1, 0.15) is 18.1 Å².